The van der Waals surface area contributed by atoms with Gasteiger partial charge in [-0.3, -0.25) is 9.78 Å². The summed E-state index contributed by atoms with van der Waals surface area (Å²) in [7, 11) is 1.34. The first-order valence-corrected chi connectivity index (χ1v) is 6.22. The van der Waals surface area contributed by atoms with Crippen LogP contribution in [0.4, 0.5) is 14.5 Å². The number of hydrogen-bond acceptors (Lipinski definition) is 4. The lowest BCUT2D eigenvalue weighted by Gasteiger charge is -2.11. The lowest BCUT2D eigenvalue weighted by atomic mass is 9.98. The third kappa shape index (κ3) is 2.10. The molecule has 108 valence electrons. The average molecular weight is 291 g/mol. The van der Waals surface area contributed by atoms with Crippen LogP contribution in [0.3, 0.4) is 0 Å². The molecule has 2 aromatic heterocycles. The van der Waals surface area contributed by atoms with E-state index >= 15 is 0 Å². The number of nitrogens with zero attached hydrogens (tertiary/aromatic N) is 2. The van der Waals surface area contributed by atoms with Crippen molar-refractivity contribution in [1.82, 2.24) is 9.97 Å². The van der Waals surface area contributed by atoms with Crippen LogP contribution in [-0.2, 0) is 4.79 Å². The second-order valence-electron chi connectivity index (χ2n) is 4.68. The standard InChI is InChI=1S/C14H11F2N3O2/c1-6-12-8(3-7(15)5-17-12)11-9(18-14(6)20)4-10(21-2)19-13(11)16/h3-6H,1-2H3,(H,18,20). The average Bonchev–Trinajstić information content (AvgIpc) is 2.55. The van der Waals surface area contributed by atoms with Crippen LogP contribution in [0.25, 0.3) is 11.1 Å². The number of anilines is 1. The van der Waals surface area contributed by atoms with E-state index in [-0.39, 0.29) is 28.6 Å². The molecule has 1 atom stereocenters. The van der Waals surface area contributed by atoms with Crippen molar-refractivity contribution in [3.63, 3.8) is 0 Å². The van der Waals surface area contributed by atoms with Gasteiger partial charge in [0.2, 0.25) is 17.7 Å². The Balaban J connectivity index is 2.35. The predicted octanol–water partition coefficient (Wildman–Crippen LogP) is 2.49. The van der Waals surface area contributed by atoms with E-state index in [0.717, 1.165) is 12.3 Å². The summed E-state index contributed by atoms with van der Waals surface area (Å²) < 4.78 is 32.6. The van der Waals surface area contributed by atoms with Crippen molar-refractivity contribution in [3.05, 3.63) is 35.8 Å². The van der Waals surface area contributed by atoms with Gasteiger partial charge in [0.15, 0.2) is 0 Å². The van der Waals surface area contributed by atoms with E-state index in [0.29, 0.717) is 5.69 Å². The van der Waals surface area contributed by atoms with Gasteiger partial charge in [0.05, 0.1) is 36.2 Å². The monoisotopic (exact) mass is 291 g/mol. The highest BCUT2D eigenvalue weighted by molar-refractivity contribution is 6.02. The Morgan fingerprint density at radius 2 is 2.10 bits per heavy atom. The van der Waals surface area contributed by atoms with Crippen LogP contribution >= 0.6 is 0 Å². The molecule has 1 aliphatic rings. The number of fused-ring (bicyclic) bond motifs is 3. The Kier molecular flexibility index (Phi) is 3.04. The summed E-state index contributed by atoms with van der Waals surface area (Å²) in [4.78, 5) is 19.7. The molecule has 1 unspecified atom stereocenters. The molecule has 0 radical (unpaired) electrons. The zero-order chi connectivity index (χ0) is 15.1. The summed E-state index contributed by atoms with van der Waals surface area (Å²) in [5.41, 5.74) is 0.708. The van der Waals surface area contributed by atoms with Crippen LogP contribution < -0.4 is 10.1 Å². The highest BCUT2D eigenvalue weighted by Crippen LogP contribution is 2.39. The second-order valence-corrected chi connectivity index (χ2v) is 4.68. The van der Waals surface area contributed by atoms with Gasteiger partial charge in [-0.2, -0.15) is 9.37 Å². The smallest absolute Gasteiger partial charge is 0.233 e. The zero-order valence-corrected chi connectivity index (χ0v) is 11.3. The van der Waals surface area contributed by atoms with Gasteiger partial charge in [-0.05, 0) is 13.0 Å². The van der Waals surface area contributed by atoms with E-state index in [2.05, 4.69) is 15.3 Å². The molecule has 0 aromatic carbocycles. The quantitative estimate of drug-likeness (QED) is 0.820. The number of rotatable bonds is 1. The molecule has 0 saturated heterocycles. The Labute approximate surface area is 119 Å². The number of pyridine rings is 2. The third-order valence-corrected chi connectivity index (χ3v) is 3.38. The highest BCUT2D eigenvalue weighted by Gasteiger charge is 2.30. The summed E-state index contributed by atoms with van der Waals surface area (Å²) in [6, 6.07) is 2.54. The van der Waals surface area contributed by atoms with Gasteiger partial charge in [-0.15, -0.1) is 0 Å². The molecule has 1 N–H and O–H groups in total. The molecule has 5 nitrogen and oxygen atoms in total. The van der Waals surface area contributed by atoms with Crippen molar-refractivity contribution in [2.75, 3.05) is 12.4 Å². The summed E-state index contributed by atoms with van der Waals surface area (Å²) in [5, 5.41) is 2.59. The Morgan fingerprint density at radius 1 is 1.33 bits per heavy atom. The van der Waals surface area contributed by atoms with E-state index in [1.807, 2.05) is 0 Å². The van der Waals surface area contributed by atoms with E-state index in [4.69, 9.17) is 4.74 Å². The number of carbonyl (C=O) groups is 1. The van der Waals surface area contributed by atoms with Crippen LogP contribution in [0.1, 0.15) is 18.5 Å². The Hall–Kier alpha value is -2.57. The fraction of sp³-hybridized carbons (Fsp3) is 0.214. The van der Waals surface area contributed by atoms with Crippen molar-refractivity contribution in [2.45, 2.75) is 12.8 Å². The molecule has 3 heterocycles. The number of ether oxygens (including phenoxy) is 1. The molecule has 21 heavy (non-hydrogen) atoms. The molecule has 2 aromatic rings. The minimum absolute atomic E-state index is 0.00972. The van der Waals surface area contributed by atoms with E-state index in [9.17, 15) is 13.6 Å². The van der Waals surface area contributed by atoms with Crippen LogP contribution in [0.15, 0.2) is 18.3 Å². The molecule has 0 saturated carbocycles. The van der Waals surface area contributed by atoms with Crippen molar-refractivity contribution < 1.29 is 18.3 Å². The third-order valence-electron chi connectivity index (χ3n) is 3.38. The van der Waals surface area contributed by atoms with Crippen LogP contribution in [0.5, 0.6) is 5.88 Å². The van der Waals surface area contributed by atoms with Gasteiger partial charge in [0.1, 0.15) is 5.82 Å². The number of amides is 1. The van der Waals surface area contributed by atoms with E-state index < -0.39 is 17.7 Å². The molecule has 1 amide bonds. The number of carbonyl (C=O) groups excluding carboxylic acids is 1. The molecular formula is C14H11F2N3O2. The SMILES string of the molecule is COc1cc2c(c(F)n1)-c1cc(F)cnc1C(C)C(=O)N2. The molecule has 0 aliphatic carbocycles. The Morgan fingerprint density at radius 3 is 2.81 bits per heavy atom. The molecule has 0 fully saturated rings. The maximum absolute atomic E-state index is 14.3. The lowest BCUT2D eigenvalue weighted by molar-refractivity contribution is -0.117. The van der Waals surface area contributed by atoms with Gasteiger partial charge >= 0.3 is 0 Å². The van der Waals surface area contributed by atoms with E-state index in [1.54, 1.807) is 6.92 Å². The Bertz CT molecular complexity index is 749. The highest BCUT2D eigenvalue weighted by atomic mass is 19.1. The first-order chi connectivity index (χ1) is 10.0. The summed E-state index contributed by atoms with van der Waals surface area (Å²) in [6.45, 7) is 1.62. The minimum atomic E-state index is -0.854. The van der Waals surface area contributed by atoms with Crippen LogP contribution in [-0.4, -0.2) is 23.0 Å². The largest absolute Gasteiger partial charge is 0.481 e. The number of hydrogen-bond donors (Lipinski definition) is 1. The normalized spacial score (nSPS) is 16.6. The van der Waals surface area contributed by atoms with Crippen molar-refractivity contribution in [3.8, 4) is 17.0 Å². The van der Waals surface area contributed by atoms with E-state index in [1.165, 1.54) is 13.2 Å². The van der Waals surface area contributed by atoms with Gasteiger partial charge < -0.3 is 10.1 Å². The molecule has 1 aliphatic heterocycles. The fourth-order valence-electron chi connectivity index (χ4n) is 2.31. The first kappa shape index (κ1) is 13.4. The molecule has 0 spiro atoms. The second kappa shape index (κ2) is 4.76. The van der Waals surface area contributed by atoms with Crippen molar-refractivity contribution >= 4 is 11.6 Å². The number of halogens is 2. The minimum Gasteiger partial charge on any atom is -0.481 e. The van der Waals surface area contributed by atoms with Gasteiger partial charge in [-0.1, -0.05) is 0 Å². The van der Waals surface area contributed by atoms with Gasteiger partial charge in [0.25, 0.3) is 0 Å². The van der Waals surface area contributed by atoms with Crippen molar-refractivity contribution in [1.29, 1.82) is 0 Å². The van der Waals surface area contributed by atoms with Gasteiger partial charge in [-0.25, -0.2) is 4.39 Å². The summed E-state index contributed by atoms with van der Waals surface area (Å²) in [5.74, 6) is -2.45. The number of nitrogens with one attached hydrogen (secondary N) is 1. The maximum atomic E-state index is 14.3. The lowest BCUT2D eigenvalue weighted by Crippen LogP contribution is -2.18. The predicted molar refractivity (Wildman–Crippen MR) is 71.0 cm³/mol. The zero-order valence-electron chi connectivity index (χ0n) is 11.3. The van der Waals surface area contributed by atoms with Crippen LogP contribution in [0.2, 0.25) is 0 Å². The topological polar surface area (TPSA) is 64.1 Å². The number of aromatic nitrogens is 2. The molecule has 7 heteroatoms. The van der Waals surface area contributed by atoms with Gasteiger partial charge in [0, 0.05) is 11.6 Å². The maximum Gasteiger partial charge on any atom is 0.233 e. The molecule has 3 rings (SSSR count). The van der Waals surface area contributed by atoms with Crippen LogP contribution in [0, 0.1) is 11.8 Å². The van der Waals surface area contributed by atoms with Crippen molar-refractivity contribution in [2.24, 2.45) is 0 Å². The number of methoxy groups -OCH3 is 1. The molecular weight excluding hydrogens is 280 g/mol. The first-order valence-electron chi connectivity index (χ1n) is 6.22. The molecule has 0 bridgehead atoms. The fourth-order valence-corrected chi connectivity index (χ4v) is 2.31. The summed E-state index contributed by atoms with van der Waals surface area (Å²) in [6.07, 6.45) is 1.00. The summed E-state index contributed by atoms with van der Waals surface area (Å²) >= 11 is 0.